The van der Waals surface area contributed by atoms with E-state index in [1.807, 2.05) is 79.9 Å². The van der Waals surface area contributed by atoms with Crippen LogP contribution in [0.15, 0.2) is 42.6 Å². The molecule has 3 rings (SSSR count). The molecule has 1 atom stereocenters. The molecule has 0 saturated heterocycles. The highest BCUT2D eigenvalue weighted by atomic mass is 16.2. The summed E-state index contributed by atoms with van der Waals surface area (Å²) in [4.78, 5) is 30.0. The summed E-state index contributed by atoms with van der Waals surface area (Å²) in [5.41, 5.74) is 2.87. The van der Waals surface area contributed by atoms with Crippen molar-refractivity contribution in [3.05, 3.63) is 59.4 Å². The van der Waals surface area contributed by atoms with Crippen molar-refractivity contribution >= 4 is 11.8 Å². The number of amides is 2. The lowest BCUT2D eigenvalue weighted by molar-refractivity contribution is -0.133. The van der Waals surface area contributed by atoms with Gasteiger partial charge in [-0.1, -0.05) is 24.6 Å². The van der Waals surface area contributed by atoms with Gasteiger partial charge in [-0.3, -0.25) is 9.59 Å². The van der Waals surface area contributed by atoms with Gasteiger partial charge in [0.15, 0.2) is 0 Å². The van der Waals surface area contributed by atoms with Crippen LogP contribution in [0.1, 0.15) is 54.7 Å². The summed E-state index contributed by atoms with van der Waals surface area (Å²) in [6.45, 7) is 6.79. The minimum atomic E-state index is -0.0719. The molecule has 0 N–H and O–H groups in total. The number of carbonyl (C=O) groups is 2. The summed E-state index contributed by atoms with van der Waals surface area (Å²) < 4.78 is 2.05. The van der Waals surface area contributed by atoms with E-state index in [0.717, 1.165) is 30.5 Å². The summed E-state index contributed by atoms with van der Waals surface area (Å²) in [7, 11) is 2.00. The van der Waals surface area contributed by atoms with Crippen molar-refractivity contribution in [2.45, 2.75) is 58.7 Å². The predicted octanol–water partition coefficient (Wildman–Crippen LogP) is 3.77. The number of hydrogen-bond donors (Lipinski definition) is 0. The fraction of sp³-hybridized carbons (Fsp3) is 0.478. The predicted molar refractivity (Wildman–Crippen MR) is 111 cm³/mol. The minimum Gasteiger partial charge on any atom is -0.353 e. The molecule has 1 aromatic carbocycles. The van der Waals surface area contributed by atoms with Gasteiger partial charge in [0.2, 0.25) is 5.91 Å². The maximum atomic E-state index is 13.2. The summed E-state index contributed by atoms with van der Waals surface area (Å²) in [5.74, 6) is -0.0400. The molecule has 28 heavy (non-hydrogen) atoms. The van der Waals surface area contributed by atoms with Crippen molar-refractivity contribution in [3.63, 3.8) is 0 Å². The average Bonchev–Trinajstić information content (AvgIpc) is 3.45. The second kappa shape index (κ2) is 8.63. The van der Waals surface area contributed by atoms with Crippen LogP contribution in [0, 0.1) is 6.92 Å². The van der Waals surface area contributed by atoms with Crippen molar-refractivity contribution in [1.82, 2.24) is 14.4 Å². The first kappa shape index (κ1) is 20.2. The highest BCUT2D eigenvalue weighted by Crippen LogP contribution is 2.29. The average molecular weight is 382 g/mol. The zero-order chi connectivity index (χ0) is 20.3. The van der Waals surface area contributed by atoms with Gasteiger partial charge in [0.05, 0.1) is 6.54 Å². The maximum Gasteiger partial charge on any atom is 0.254 e. The van der Waals surface area contributed by atoms with Gasteiger partial charge in [0.1, 0.15) is 6.54 Å². The number of aromatic nitrogens is 1. The molecule has 1 aromatic heterocycles. The Morgan fingerprint density at radius 3 is 2.39 bits per heavy atom. The quantitative estimate of drug-likeness (QED) is 0.699. The van der Waals surface area contributed by atoms with E-state index in [2.05, 4.69) is 0 Å². The Morgan fingerprint density at radius 2 is 1.86 bits per heavy atom. The number of aryl methyl sites for hydroxylation is 2. The molecule has 2 amide bonds. The van der Waals surface area contributed by atoms with Crippen molar-refractivity contribution in [2.75, 3.05) is 6.54 Å². The third-order valence-corrected chi connectivity index (χ3v) is 5.68. The second-order valence-electron chi connectivity index (χ2n) is 7.92. The van der Waals surface area contributed by atoms with Gasteiger partial charge < -0.3 is 14.4 Å². The molecular formula is C23H31N3O2. The number of carbonyl (C=O) groups excluding carboxylic acids is 2. The van der Waals surface area contributed by atoms with Gasteiger partial charge in [0.25, 0.3) is 5.91 Å². The number of benzene rings is 1. The summed E-state index contributed by atoms with van der Waals surface area (Å²) in [6, 6.07) is 11.9. The van der Waals surface area contributed by atoms with Crippen molar-refractivity contribution in [1.29, 1.82) is 0 Å². The number of nitrogens with zero attached hydrogens (tertiary/aromatic N) is 3. The lowest BCUT2D eigenvalue weighted by atomic mass is 10.1. The van der Waals surface area contributed by atoms with Crippen LogP contribution < -0.4 is 0 Å². The van der Waals surface area contributed by atoms with E-state index in [1.165, 1.54) is 0 Å². The molecule has 150 valence electrons. The van der Waals surface area contributed by atoms with Crippen LogP contribution in [0.3, 0.4) is 0 Å². The van der Waals surface area contributed by atoms with E-state index in [4.69, 9.17) is 0 Å². The Hall–Kier alpha value is -2.56. The lowest BCUT2D eigenvalue weighted by Crippen LogP contribution is -2.47. The SMILES string of the molecule is CCC(C)N(CC(=O)N(Cc1cccn1C)C1CC1)C(=O)c1ccc(C)cc1. The maximum absolute atomic E-state index is 13.2. The molecule has 2 aromatic rings. The van der Waals surface area contributed by atoms with Crippen LogP contribution in [0.2, 0.25) is 0 Å². The van der Waals surface area contributed by atoms with Crippen LogP contribution >= 0.6 is 0 Å². The minimum absolute atomic E-state index is 0.00819. The lowest BCUT2D eigenvalue weighted by Gasteiger charge is -2.31. The largest absolute Gasteiger partial charge is 0.353 e. The molecule has 1 aliphatic carbocycles. The van der Waals surface area contributed by atoms with E-state index in [1.54, 1.807) is 4.90 Å². The Kier molecular flexibility index (Phi) is 6.22. The van der Waals surface area contributed by atoms with E-state index in [9.17, 15) is 9.59 Å². The number of hydrogen-bond acceptors (Lipinski definition) is 2. The molecule has 1 fully saturated rings. The molecule has 0 radical (unpaired) electrons. The Balaban J connectivity index is 1.77. The van der Waals surface area contributed by atoms with E-state index < -0.39 is 0 Å². The highest BCUT2D eigenvalue weighted by molar-refractivity contribution is 5.96. The van der Waals surface area contributed by atoms with Crippen molar-refractivity contribution < 1.29 is 9.59 Å². The third kappa shape index (κ3) is 4.64. The fourth-order valence-corrected chi connectivity index (χ4v) is 3.39. The van der Waals surface area contributed by atoms with Crippen LogP contribution in [-0.2, 0) is 18.4 Å². The topological polar surface area (TPSA) is 45.6 Å². The Morgan fingerprint density at radius 1 is 1.18 bits per heavy atom. The van der Waals surface area contributed by atoms with E-state index in [0.29, 0.717) is 18.2 Å². The van der Waals surface area contributed by atoms with Crippen molar-refractivity contribution in [3.8, 4) is 0 Å². The summed E-state index contributed by atoms with van der Waals surface area (Å²) >= 11 is 0. The first-order valence-electron chi connectivity index (χ1n) is 10.2. The van der Waals surface area contributed by atoms with Gasteiger partial charge in [-0.2, -0.15) is 0 Å². The summed E-state index contributed by atoms with van der Waals surface area (Å²) in [5, 5.41) is 0. The monoisotopic (exact) mass is 381 g/mol. The molecule has 0 bridgehead atoms. The molecule has 5 nitrogen and oxygen atoms in total. The van der Waals surface area contributed by atoms with Gasteiger partial charge in [-0.15, -0.1) is 0 Å². The molecular weight excluding hydrogens is 350 g/mol. The van der Waals surface area contributed by atoms with Crippen LogP contribution in [0.4, 0.5) is 0 Å². The fourth-order valence-electron chi connectivity index (χ4n) is 3.39. The molecule has 1 saturated carbocycles. The van der Waals surface area contributed by atoms with E-state index >= 15 is 0 Å². The van der Waals surface area contributed by atoms with Crippen LogP contribution in [0.25, 0.3) is 0 Å². The molecule has 0 spiro atoms. The molecule has 5 heteroatoms. The zero-order valence-corrected chi connectivity index (χ0v) is 17.4. The molecule has 1 heterocycles. The molecule has 0 aliphatic heterocycles. The second-order valence-corrected chi connectivity index (χ2v) is 7.92. The third-order valence-electron chi connectivity index (χ3n) is 5.68. The molecule has 1 unspecified atom stereocenters. The summed E-state index contributed by atoms with van der Waals surface area (Å²) in [6.07, 6.45) is 4.90. The Bertz CT molecular complexity index is 821. The number of rotatable bonds is 8. The van der Waals surface area contributed by atoms with Gasteiger partial charge in [-0.25, -0.2) is 0 Å². The normalized spacial score (nSPS) is 14.6. The van der Waals surface area contributed by atoms with Gasteiger partial charge in [0, 0.05) is 36.6 Å². The molecule has 1 aliphatic rings. The first-order valence-corrected chi connectivity index (χ1v) is 10.2. The van der Waals surface area contributed by atoms with Crippen LogP contribution in [0.5, 0.6) is 0 Å². The highest BCUT2D eigenvalue weighted by Gasteiger charge is 2.35. The van der Waals surface area contributed by atoms with Crippen LogP contribution in [-0.4, -0.2) is 44.8 Å². The van der Waals surface area contributed by atoms with Crippen molar-refractivity contribution in [2.24, 2.45) is 7.05 Å². The van der Waals surface area contributed by atoms with Gasteiger partial charge >= 0.3 is 0 Å². The zero-order valence-electron chi connectivity index (χ0n) is 17.4. The smallest absolute Gasteiger partial charge is 0.254 e. The first-order chi connectivity index (χ1) is 13.4. The Labute approximate surface area is 167 Å². The van der Waals surface area contributed by atoms with E-state index in [-0.39, 0.29) is 24.4 Å². The standard InChI is InChI=1S/C23H31N3O2/c1-5-18(3)25(23(28)19-10-8-17(2)9-11-19)16-22(27)26(20-12-13-20)15-21-7-6-14-24(21)4/h6-11,14,18,20H,5,12-13,15-16H2,1-4H3. The van der Waals surface area contributed by atoms with Gasteiger partial charge in [-0.05, 0) is 57.4 Å².